The third-order valence-corrected chi connectivity index (χ3v) is 5.12. The van der Waals surface area contributed by atoms with Crippen molar-refractivity contribution in [2.45, 2.75) is 24.4 Å². The number of nitrogens with zero attached hydrogens (tertiary/aromatic N) is 3. The minimum Gasteiger partial charge on any atom is -0.350 e. The van der Waals surface area contributed by atoms with Gasteiger partial charge in [0.05, 0.1) is 5.69 Å². The van der Waals surface area contributed by atoms with Gasteiger partial charge >= 0.3 is 6.18 Å². The number of aromatic nitrogens is 3. The van der Waals surface area contributed by atoms with Crippen molar-refractivity contribution in [1.29, 1.82) is 0 Å². The Labute approximate surface area is 167 Å². The van der Waals surface area contributed by atoms with Crippen LogP contribution in [0, 0.1) is 11.6 Å². The Balaban J connectivity index is 1.58. The first-order valence-corrected chi connectivity index (χ1v) is 9.03. The van der Waals surface area contributed by atoms with Crippen LogP contribution in [0.4, 0.5) is 22.0 Å². The standard InChI is InChI=1S/C20H15F5N4O/c21-13-3-1-12(2-4-13)19(9-10-19)11-26-18(30)16-17(20(23,24)25)29(28-27-16)15-7-5-14(22)6-8-15/h1-8H,9-11H2,(H,26,30). The quantitative estimate of drug-likeness (QED) is 0.632. The Morgan fingerprint density at radius 3 is 2.10 bits per heavy atom. The molecular weight excluding hydrogens is 407 g/mol. The van der Waals surface area contributed by atoms with Crippen LogP contribution in [-0.4, -0.2) is 27.4 Å². The molecular formula is C20H15F5N4O. The van der Waals surface area contributed by atoms with Crippen molar-refractivity contribution >= 4 is 5.91 Å². The zero-order chi connectivity index (χ0) is 21.5. The van der Waals surface area contributed by atoms with E-state index in [1.54, 1.807) is 12.1 Å². The van der Waals surface area contributed by atoms with Crippen molar-refractivity contribution in [2.75, 3.05) is 6.54 Å². The molecule has 3 aromatic rings. The van der Waals surface area contributed by atoms with Crippen molar-refractivity contribution in [2.24, 2.45) is 0 Å². The van der Waals surface area contributed by atoms with Gasteiger partial charge in [-0.05, 0) is 54.8 Å². The molecule has 30 heavy (non-hydrogen) atoms. The van der Waals surface area contributed by atoms with Gasteiger partial charge in [-0.15, -0.1) is 5.10 Å². The smallest absolute Gasteiger partial charge is 0.350 e. The van der Waals surface area contributed by atoms with Crippen molar-refractivity contribution < 1.29 is 26.7 Å². The molecule has 1 N–H and O–H groups in total. The van der Waals surface area contributed by atoms with Crippen LogP contribution in [-0.2, 0) is 11.6 Å². The zero-order valence-corrected chi connectivity index (χ0v) is 15.4. The van der Waals surface area contributed by atoms with Crippen LogP contribution in [0.15, 0.2) is 48.5 Å². The van der Waals surface area contributed by atoms with Crippen molar-refractivity contribution in [3.8, 4) is 5.69 Å². The van der Waals surface area contributed by atoms with Gasteiger partial charge in [-0.3, -0.25) is 4.79 Å². The average Bonchev–Trinajstić information content (AvgIpc) is 3.35. The molecule has 0 spiro atoms. The predicted molar refractivity (Wildman–Crippen MR) is 96.0 cm³/mol. The van der Waals surface area contributed by atoms with Gasteiger partial charge in [-0.2, -0.15) is 13.2 Å². The van der Waals surface area contributed by atoms with Crippen LogP contribution in [0.2, 0.25) is 0 Å². The third-order valence-electron chi connectivity index (χ3n) is 5.12. The van der Waals surface area contributed by atoms with Crippen LogP contribution in [0.3, 0.4) is 0 Å². The van der Waals surface area contributed by atoms with Gasteiger partial charge in [-0.25, -0.2) is 13.5 Å². The normalized spacial score (nSPS) is 15.1. The number of amides is 1. The summed E-state index contributed by atoms with van der Waals surface area (Å²) in [6.07, 6.45) is -3.49. The van der Waals surface area contributed by atoms with Gasteiger partial charge in [0.15, 0.2) is 11.4 Å². The number of alkyl halides is 3. The van der Waals surface area contributed by atoms with E-state index >= 15 is 0 Å². The topological polar surface area (TPSA) is 59.8 Å². The number of carbonyl (C=O) groups excluding carboxylic acids is 1. The van der Waals surface area contributed by atoms with Gasteiger partial charge in [0.1, 0.15) is 11.6 Å². The van der Waals surface area contributed by atoms with E-state index in [0.717, 1.165) is 29.8 Å². The van der Waals surface area contributed by atoms with Crippen LogP contribution in [0.25, 0.3) is 5.69 Å². The maximum Gasteiger partial charge on any atom is 0.435 e. The summed E-state index contributed by atoms with van der Waals surface area (Å²) in [6.45, 7) is 0.0815. The van der Waals surface area contributed by atoms with Gasteiger partial charge < -0.3 is 5.32 Å². The van der Waals surface area contributed by atoms with Crippen LogP contribution in [0.5, 0.6) is 0 Å². The van der Waals surface area contributed by atoms with E-state index in [1.165, 1.54) is 12.1 Å². The summed E-state index contributed by atoms with van der Waals surface area (Å²) in [4.78, 5) is 12.5. The minimum atomic E-state index is -4.92. The van der Waals surface area contributed by atoms with E-state index in [9.17, 15) is 26.7 Å². The molecule has 0 atom stereocenters. The number of nitrogens with one attached hydrogen (secondary N) is 1. The highest BCUT2D eigenvalue weighted by molar-refractivity contribution is 5.93. The summed E-state index contributed by atoms with van der Waals surface area (Å²) >= 11 is 0. The highest BCUT2D eigenvalue weighted by Gasteiger charge is 2.46. The predicted octanol–water partition coefficient (Wildman–Crippen LogP) is 4.03. The number of carbonyl (C=O) groups is 1. The highest BCUT2D eigenvalue weighted by Crippen LogP contribution is 2.47. The average molecular weight is 422 g/mol. The van der Waals surface area contributed by atoms with Crippen molar-refractivity contribution in [3.63, 3.8) is 0 Å². The van der Waals surface area contributed by atoms with Crippen molar-refractivity contribution in [3.05, 3.63) is 77.1 Å². The Bertz CT molecular complexity index is 1070. The molecule has 1 amide bonds. The van der Waals surface area contributed by atoms with Gasteiger partial charge in [0.25, 0.3) is 5.91 Å². The molecule has 1 aliphatic rings. The maximum absolute atomic E-state index is 13.7. The van der Waals surface area contributed by atoms with E-state index in [-0.39, 0.29) is 12.2 Å². The van der Waals surface area contributed by atoms with Crippen LogP contribution in [0.1, 0.15) is 34.6 Å². The second-order valence-electron chi connectivity index (χ2n) is 7.14. The molecule has 156 valence electrons. The summed E-state index contributed by atoms with van der Waals surface area (Å²) in [5.74, 6) is -2.05. The molecule has 1 saturated carbocycles. The van der Waals surface area contributed by atoms with Gasteiger partial charge in [0.2, 0.25) is 0 Å². The zero-order valence-electron chi connectivity index (χ0n) is 15.4. The summed E-state index contributed by atoms with van der Waals surface area (Å²) in [5, 5.41) is 9.37. The summed E-state index contributed by atoms with van der Waals surface area (Å²) < 4.78 is 67.7. The highest BCUT2D eigenvalue weighted by atomic mass is 19.4. The fourth-order valence-electron chi connectivity index (χ4n) is 3.31. The molecule has 1 fully saturated rings. The molecule has 4 rings (SSSR count). The SMILES string of the molecule is O=C(NCC1(c2ccc(F)cc2)CC1)c1nnn(-c2ccc(F)cc2)c1C(F)(F)F. The summed E-state index contributed by atoms with van der Waals surface area (Å²) in [7, 11) is 0. The lowest BCUT2D eigenvalue weighted by Gasteiger charge is -2.17. The fraction of sp³-hybridized carbons (Fsp3) is 0.250. The van der Waals surface area contributed by atoms with Crippen LogP contribution >= 0.6 is 0 Å². The van der Waals surface area contributed by atoms with E-state index in [4.69, 9.17) is 0 Å². The van der Waals surface area contributed by atoms with Crippen molar-refractivity contribution in [1.82, 2.24) is 20.3 Å². The molecule has 2 aromatic carbocycles. The largest absolute Gasteiger partial charge is 0.435 e. The Morgan fingerprint density at radius 1 is 1.00 bits per heavy atom. The molecule has 0 saturated heterocycles. The molecule has 0 radical (unpaired) electrons. The van der Waals surface area contributed by atoms with Crippen LogP contribution < -0.4 is 5.32 Å². The number of rotatable bonds is 5. The number of halogens is 5. The lowest BCUT2D eigenvalue weighted by atomic mass is 9.96. The molecule has 0 unspecified atom stereocenters. The summed E-state index contributed by atoms with van der Waals surface area (Å²) in [6, 6.07) is 9.97. The second kappa shape index (κ2) is 7.19. The van der Waals surface area contributed by atoms with E-state index in [1.807, 2.05) is 0 Å². The Kier molecular flexibility index (Phi) is 4.79. The molecule has 10 heteroatoms. The Morgan fingerprint density at radius 2 is 1.57 bits per heavy atom. The fourth-order valence-corrected chi connectivity index (χ4v) is 3.31. The van der Waals surface area contributed by atoms with E-state index in [0.29, 0.717) is 17.5 Å². The minimum absolute atomic E-state index is 0.0815. The first-order valence-electron chi connectivity index (χ1n) is 9.03. The molecule has 5 nitrogen and oxygen atoms in total. The monoisotopic (exact) mass is 422 g/mol. The first kappa shape index (κ1) is 20.0. The molecule has 1 heterocycles. The molecule has 0 aliphatic heterocycles. The molecule has 1 aromatic heterocycles. The number of hydrogen-bond donors (Lipinski definition) is 1. The van der Waals surface area contributed by atoms with Gasteiger partial charge in [0, 0.05) is 12.0 Å². The maximum atomic E-state index is 13.7. The summed E-state index contributed by atoms with van der Waals surface area (Å²) in [5.41, 5.74) is -1.94. The number of hydrogen-bond acceptors (Lipinski definition) is 3. The molecule has 0 bridgehead atoms. The lowest BCUT2D eigenvalue weighted by Crippen LogP contribution is -2.34. The van der Waals surface area contributed by atoms with E-state index in [2.05, 4.69) is 15.6 Å². The number of benzene rings is 2. The first-order chi connectivity index (χ1) is 14.2. The third kappa shape index (κ3) is 3.77. The van der Waals surface area contributed by atoms with E-state index < -0.39 is 40.5 Å². The lowest BCUT2D eigenvalue weighted by molar-refractivity contribution is -0.143. The molecule has 1 aliphatic carbocycles. The Hall–Kier alpha value is -3.30. The second-order valence-corrected chi connectivity index (χ2v) is 7.14. The van der Waals surface area contributed by atoms with Gasteiger partial charge in [-0.1, -0.05) is 17.3 Å².